The molecule has 2 atom stereocenters. The van der Waals surface area contributed by atoms with Crippen LogP contribution in [0.1, 0.15) is 32.1 Å². The van der Waals surface area contributed by atoms with Gasteiger partial charge in [0.1, 0.15) is 5.82 Å². The summed E-state index contributed by atoms with van der Waals surface area (Å²) in [5.41, 5.74) is 5.70. The molecule has 2 rings (SSSR count). The van der Waals surface area contributed by atoms with E-state index < -0.39 is 15.8 Å². The Kier molecular flexibility index (Phi) is 8.95. The Morgan fingerprint density at radius 2 is 1.96 bits per heavy atom. The molecule has 3 N–H and O–H groups in total. The lowest BCUT2D eigenvalue weighted by molar-refractivity contribution is -0.122. The van der Waals surface area contributed by atoms with Gasteiger partial charge in [0, 0.05) is 26.1 Å². The van der Waals surface area contributed by atoms with Crippen LogP contribution in [0.5, 0.6) is 0 Å². The summed E-state index contributed by atoms with van der Waals surface area (Å²) in [7, 11) is -2.21. The SMILES string of the molecule is CN(CCCC(=O)NC1CCCC1CN)S(=O)(=O)c1ccc(F)cc1.Cl. The van der Waals surface area contributed by atoms with Crippen molar-refractivity contribution < 1.29 is 17.6 Å². The van der Waals surface area contributed by atoms with E-state index in [9.17, 15) is 17.6 Å². The van der Waals surface area contributed by atoms with Gasteiger partial charge in [0.15, 0.2) is 0 Å². The summed E-state index contributed by atoms with van der Waals surface area (Å²) in [5, 5.41) is 3.00. The fraction of sp³-hybridized carbons (Fsp3) is 0.588. The third-order valence-electron chi connectivity index (χ3n) is 4.71. The number of amides is 1. The number of sulfonamides is 1. The molecular weight excluding hydrogens is 381 g/mol. The number of nitrogens with two attached hydrogens (primary N) is 1. The van der Waals surface area contributed by atoms with Crippen LogP contribution >= 0.6 is 12.4 Å². The molecule has 26 heavy (non-hydrogen) atoms. The Balaban J connectivity index is 0.00000338. The predicted octanol–water partition coefficient (Wildman–Crippen LogP) is 1.89. The molecule has 0 spiro atoms. The first-order valence-electron chi connectivity index (χ1n) is 8.56. The molecule has 148 valence electrons. The van der Waals surface area contributed by atoms with E-state index in [0.717, 1.165) is 31.4 Å². The van der Waals surface area contributed by atoms with Crippen molar-refractivity contribution in [2.45, 2.75) is 43.0 Å². The highest BCUT2D eigenvalue weighted by atomic mass is 35.5. The molecular formula is C17H27ClFN3O3S. The van der Waals surface area contributed by atoms with Crippen LogP contribution in [0.15, 0.2) is 29.2 Å². The molecule has 1 aromatic rings. The molecule has 2 unspecified atom stereocenters. The van der Waals surface area contributed by atoms with E-state index in [1.165, 1.54) is 23.5 Å². The molecule has 0 radical (unpaired) electrons. The van der Waals surface area contributed by atoms with E-state index in [1.54, 1.807) is 0 Å². The van der Waals surface area contributed by atoms with E-state index in [4.69, 9.17) is 5.73 Å². The highest BCUT2D eigenvalue weighted by molar-refractivity contribution is 7.89. The van der Waals surface area contributed by atoms with E-state index in [-0.39, 0.29) is 42.2 Å². The van der Waals surface area contributed by atoms with Crippen LogP contribution in [0.3, 0.4) is 0 Å². The second kappa shape index (κ2) is 10.2. The van der Waals surface area contributed by atoms with Crippen molar-refractivity contribution in [3.63, 3.8) is 0 Å². The summed E-state index contributed by atoms with van der Waals surface area (Å²) < 4.78 is 38.9. The lowest BCUT2D eigenvalue weighted by Gasteiger charge is -2.20. The van der Waals surface area contributed by atoms with Crippen LogP contribution in [0.25, 0.3) is 0 Å². The summed E-state index contributed by atoms with van der Waals surface area (Å²) >= 11 is 0. The number of hydrogen-bond donors (Lipinski definition) is 2. The standard InChI is InChI=1S/C17H26FN3O3S.ClH/c1-21(25(23,24)15-9-7-14(18)8-10-15)11-3-6-17(22)20-16-5-2-4-13(16)12-19;/h7-10,13,16H,2-6,11-12,19H2,1H3,(H,20,22);1H. The monoisotopic (exact) mass is 407 g/mol. The molecule has 0 aromatic heterocycles. The van der Waals surface area contributed by atoms with Gasteiger partial charge in [-0.15, -0.1) is 12.4 Å². The lowest BCUT2D eigenvalue weighted by Crippen LogP contribution is -2.40. The maximum atomic E-state index is 12.9. The van der Waals surface area contributed by atoms with E-state index >= 15 is 0 Å². The topological polar surface area (TPSA) is 92.5 Å². The minimum Gasteiger partial charge on any atom is -0.353 e. The van der Waals surface area contributed by atoms with Gasteiger partial charge in [-0.25, -0.2) is 17.1 Å². The molecule has 6 nitrogen and oxygen atoms in total. The quantitative estimate of drug-likeness (QED) is 0.688. The smallest absolute Gasteiger partial charge is 0.242 e. The zero-order valence-electron chi connectivity index (χ0n) is 14.9. The Bertz CT molecular complexity index is 685. The molecule has 1 aromatic carbocycles. The molecule has 1 amide bonds. The number of benzene rings is 1. The van der Waals surface area contributed by atoms with Gasteiger partial charge < -0.3 is 11.1 Å². The molecule has 0 saturated heterocycles. The number of rotatable bonds is 8. The Hall–Kier alpha value is -1.22. The predicted molar refractivity (Wildman–Crippen MR) is 101 cm³/mol. The summed E-state index contributed by atoms with van der Waals surface area (Å²) in [6.45, 7) is 0.793. The van der Waals surface area contributed by atoms with Gasteiger partial charge >= 0.3 is 0 Å². The number of carbonyl (C=O) groups excluding carboxylic acids is 1. The van der Waals surface area contributed by atoms with Gasteiger partial charge in [-0.05, 0) is 56.0 Å². The van der Waals surface area contributed by atoms with Crippen LogP contribution in [0, 0.1) is 11.7 Å². The molecule has 9 heteroatoms. The third-order valence-corrected chi connectivity index (χ3v) is 6.58. The molecule has 1 fully saturated rings. The summed E-state index contributed by atoms with van der Waals surface area (Å²) in [5.74, 6) is -0.218. The number of nitrogens with zero attached hydrogens (tertiary/aromatic N) is 1. The Morgan fingerprint density at radius 3 is 2.58 bits per heavy atom. The minimum absolute atomic E-state index is 0. The maximum absolute atomic E-state index is 12.9. The molecule has 0 aliphatic heterocycles. The summed E-state index contributed by atoms with van der Waals surface area (Å²) in [6, 6.07) is 4.84. The third kappa shape index (κ3) is 5.90. The van der Waals surface area contributed by atoms with Gasteiger partial charge in [-0.2, -0.15) is 0 Å². The fourth-order valence-electron chi connectivity index (χ4n) is 3.16. The maximum Gasteiger partial charge on any atom is 0.242 e. The van der Waals surface area contributed by atoms with Gasteiger partial charge in [0.2, 0.25) is 15.9 Å². The minimum atomic E-state index is -3.67. The second-order valence-corrected chi connectivity index (χ2v) is 8.53. The van der Waals surface area contributed by atoms with Crippen molar-refractivity contribution >= 4 is 28.3 Å². The average molecular weight is 408 g/mol. The summed E-state index contributed by atoms with van der Waals surface area (Å²) in [6.07, 6.45) is 3.75. The Labute approximate surface area is 160 Å². The van der Waals surface area contributed by atoms with Crippen LogP contribution in [-0.2, 0) is 14.8 Å². The zero-order valence-corrected chi connectivity index (χ0v) is 16.5. The summed E-state index contributed by atoms with van der Waals surface area (Å²) in [4.78, 5) is 12.1. The number of halogens is 2. The van der Waals surface area contributed by atoms with E-state index in [2.05, 4.69) is 5.32 Å². The second-order valence-electron chi connectivity index (χ2n) is 6.48. The molecule has 0 bridgehead atoms. The van der Waals surface area contributed by atoms with Gasteiger partial charge in [-0.1, -0.05) is 6.42 Å². The van der Waals surface area contributed by atoms with Crippen molar-refractivity contribution in [2.24, 2.45) is 11.7 Å². The van der Waals surface area contributed by atoms with Crippen molar-refractivity contribution in [1.82, 2.24) is 9.62 Å². The normalized spacial score (nSPS) is 20.0. The Morgan fingerprint density at radius 1 is 1.31 bits per heavy atom. The average Bonchev–Trinajstić information content (AvgIpc) is 3.02. The van der Waals surface area contributed by atoms with E-state index in [1.807, 2.05) is 0 Å². The van der Waals surface area contributed by atoms with E-state index in [0.29, 0.717) is 18.9 Å². The molecule has 1 aliphatic carbocycles. The van der Waals surface area contributed by atoms with Crippen molar-refractivity contribution in [2.75, 3.05) is 20.1 Å². The van der Waals surface area contributed by atoms with Gasteiger partial charge in [-0.3, -0.25) is 4.79 Å². The van der Waals surface area contributed by atoms with Crippen molar-refractivity contribution in [3.05, 3.63) is 30.1 Å². The first-order chi connectivity index (χ1) is 11.8. The fourth-order valence-corrected chi connectivity index (χ4v) is 4.37. The number of hydrogen-bond acceptors (Lipinski definition) is 4. The zero-order chi connectivity index (χ0) is 18.4. The van der Waals surface area contributed by atoms with Crippen molar-refractivity contribution in [3.8, 4) is 0 Å². The molecule has 1 saturated carbocycles. The van der Waals surface area contributed by atoms with Gasteiger partial charge in [0.25, 0.3) is 0 Å². The molecule has 0 heterocycles. The van der Waals surface area contributed by atoms with Crippen LogP contribution in [-0.4, -0.2) is 44.8 Å². The number of carbonyl (C=O) groups is 1. The number of nitrogens with one attached hydrogen (secondary N) is 1. The van der Waals surface area contributed by atoms with Crippen LogP contribution in [0.4, 0.5) is 4.39 Å². The highest BCUT2D eigenvalue weighted by Crippen LogP contribution is 2.24. The van der Waals surface area contributed by atoms with Crippen molar-refractivity contribution in [1.29, 1.82) is 0 Å². The van der Waals surface area contributed by atoms with Crippen LogP contribution in [0.2, 0.25) is 0 Å². The lowest BCUT2D eigenvalue weighted by atomic mass is 10.0. The first kappa shape index (κ1) is 22.8. The first-order valence-corrected chi connectivity index (χ1v) is 10.00. The van der Waals surface area contributed by atoms with Gasteiger partial charge in [0.05, 0.1) is 4.90 Å². The van der Waals surface area contributed by atoms with Crippen LogP contribution < -0.4 is 11.1 Å². The largest absolute Gasteiger partial charge is 0.353 e. The highest BCUT2D eigenvalue weighted by Gasteiger charge is 2.27. The molecule has 1 aliphatic rings.